The first-order valence-corrected chi connectivity index (χ1v) is 5.40. The summed E-state index contributed by atoms with van der Waals surface area (Å²) in [6.45, 7) is 0.646. The van der Waals surface area contributed by atoms with Crippen LogP contribution in [0.5, 0.6) is 0 Å². The molecule has 0 bridgehead atoms. The molecule has 4 heteroatoms. The fourth-order valence-corrected chi connectivity index (χ4v) is 1.83. The second-order valence-electron chi connectivity index (χ2n) is 4.12. The standard InChI is InChI=1S/C11H14N4/c12-4-3-9-6-15-7-13-10(8-1-2-8)5-11(15)14-9/h5-8H,1-4,12H2. The van der Waals surface area contributed by atoms with Crippen molar-refractivity contribution in [2.75, 3.05) is 6.54 Å². The van der Waals surface area contributed by atoms with Crippen molar-refractivity contribution in [1.29, 1.82) is 0 Å². The number of hydrogen-bond acceptors (Lipinski definition) is 3. The van der Waals surface area contributed by atoms with Crippen molar-refractivity contribution in [3.8, 4) is 0 Å². The predicted molar refractivity (Wildman–Crippen MR) is 57.7 cm³/mol. The molecule has 78 valence electrons. The highest BCUT2D eigenvalue weighted by Gasteiger charge is 2.25. The van der Waals surface area contributed by atoms with Crippen molar-refractivity contribution in [3.63, 3.8) is 0 Å². The van der Waals surface area contributed by atoms with Crippen LogP contribution in [-0.2, 0) is 6.42 Å². The lowest BCUT2D eigenvalue weighted by molar-refractivity contribution is 0.935. The van der Waals surface area contributed by atoms with Gasteiger partial charge in [0, 0.05) is 30.3 Å². The van der Waals surface area contributed by atoms with Crippen molar-refractivity contribution in [1.82, 2.24) is 14.4 Å². The van der Waals surface area contributed by atoms with E-state index >= 15 is 0 Å². The Balaban J connectivity index is 2.02. The molecule has 1 saturated carbocycles. The summed E-state index contributed by atoms with van der Waals surface area (Å²) in [5, 5.41) is 0. The Morgan fingerprint density at radius 2 is 2.33 bits per heavy atom. The van der Waals surface area contributed by atoms with E-state index in [1.165, 1.54) is 18.5 Å². The highest BCUT2D eigenvalue weighted by molar-refractivity contribution is 5.42. The minimum atomic E-state index is 0.646. The average Bonchev–Trinajstić information content (AvgIpc) is 2.99. The van der Waals surface area contributed by atoms with Crippen LogP contribution in [0.4, 0.5) is 0 Å². The highest BCUT2D eigenvalue weighted by Crippen LogP contribution is 2.38. The van der Waals surface area contributed by atoms with Gasteiger partial charge in [-0.2, -0.15) is 0 Å². The third-order valence-corrected chi connectivity index (χ3v) is 2.82. The molecule has 0 atom stereocenters. The SMILES string of the molecule is NCCc1cn2cnc(C3CC3)cc2n1. The molecule has 0 unspecified atom stereocenters. The summed E-state index contributed by atoms with van der Waals surface area (Å²) in [6, 6.07) is 2.09. The van der Waals surface area contributed by atoms with Gasteiger partial charge in [0.15, 0.2) is 0 Å². The van der Waals surface area contributed by atoms with E-state index in [1.54, 1.807) is 0 Å². The Morgan fingerprint density at radius 1 is 1.47 bits per heavy atom. The third kappa shape index (κ3) is 1.61. The van der Waals surface area contributed by atoms with Crippen molar-refractivity contribution < 1.29 is 0 Å². The summed E-state index contributed by atoms with van der Waals surface area (Å²) in [7, 11) is 0. The summed E-state index contributed by atoms with van der Waals surface area (Å²) in [4.78, 5) is 8.95. The molecule has 0 aliphatic heterocycles. The normalized spacial score (nSPS) is 16.1. The van der Waals surface area contributed by atoms with Crippen LogP contribution < -0.4 is 5.73 Å². The van der Waals surface area contributed by atoms with Crippen LogP contribution in [0.3, 0.4) is 0 Å². The molecule has 0 spiro atoms. The van der Waals surface area contributed by atoms with Gasteiger partial charge in [0.05, 0.1) is 5.69 Å². The van der Waals surface area contributed by atoms with Gasteiger partial charge in [-0.15, -0.1) is 0 Å². The average molecular weight is 202 g/mol. The number of fused-ring (bicyclic) bond motifs is 1. The molecule has 2 aromatic heterocycles. The van der Waals surface area contributed by atoms with E-state index in [2.05, 4.69) is 16.0 Å². The van der Waals surface area contributed by atoms with Crippen LogP contribution in [0.25, 0.3) is 5.65 Å². The summed E-state index contributed by atoms with van der Waals surface area (Å²) in [5.41, 5.74) is 8.74. The molecule has 2 aromatic rings. The minimum absolute atomic E-state index is 0.646. The van der Waals surface area contributed by atoms with Gasteiger partial charge >= 0.3 is 0 Å². The van der Waals surface area contributed by atoms with E-state index in [4.69, 9.17) is 5.73 Å². The van der Waals surface area contributed by atoms with E-state index in [1.807, 2.05) is 16.9 Å². The number of hydrogen-bond donors (Lipinski definition) is 1. The largest absolute Gasteiger partial charge is 0.330 e. The Kier molecular flexibility index (Phi) is 1.95. The van der Waals surface area contributed by atoms with Gasteiger partial charge in [0.2, 0.25) is 0 Å². The van der Waals surface area contributed by atoms with Crippen molar-refractivity contribution >= 4 is 5.65 Å². The van der Waals surface area contributed by atoms with Crippen LogP contribution in [0.15, 0.2) is 18.6 Å². The minimum Gasteiger partial charge on any atom is -0.330 e. The van der Waals surface area contributed by atoms with E-state index < -0.39 is 0 Å². The van der Waals surface area contributed by atoms with Gasteiger partial charge in [0.25, 0.3) is 0 Å². The van der Waals surface area contributed by atoms with Crippen LogP contribution in [0.2, 0.25) is 0 Å². The number of rotatable bonds is 3. The zero-order valence-corrected chi connectivity index (χ0v) is 8.56. The number of nitrogens with zero attached hydrogens (tertiary/aromatic N) is 3. The molecule has 0 saturated heterocycles. The van der Waals surface area contributed by atoms with Crippen molar-refractivity contribution in [3.05, 3.63) is 30.0 Å². The van der Waals surface area contributed by atoms with Crippen LogP contribution >= 0.6 is 0 Å². The maximum Gasteiger partial charge on any atom is 0.140 e. The molecule has 3 rings (SSSR count). The van der Waals surface area contributed by atoms with Gasteiger partial charge in [-0.1, -0.05) is 0 Å². The molecule has 4 nitrogen and oxygen atoms in total. The fourth-order valence-electron chi connectivity index (χ4n) is 1.83. The predicted octanol–water partition coefficient (Wildman–Crippen LogP) is 1.11. The lowest BCUT2D eigenvalue weighted by Gasteiger charge is -1.96. The summed E-state index contributed by atoms with van der Waals surface area (Å²) in [5.74, 6) is 0.685. The molecule has 1 fully saturated rings. The molecular formula is C11H14N4. The highest BCUT2D eigenvalue weighted by atomic mass is 15.0. The maximum absolute atomic E-state index is 5.51. The first-order chi connectivity index (χ1) is 7.36. The second kappa shape index (κ2) is 3.31. The van der Waals surface area contributed by atoms with E-state index in [0.29, 0.717) is 12.5 Å². The molecule has 0 aromatic carbocycles. The third-order valence-electron chi connectivity index (χ3n) is 2.82. The molecule has 0 amide bonds. The Bertz CT molecular complexity index is 484. The molecule has 15 heavy (non-hydrogen) atoms. The Hall–Kier alpha value is -1.42. The molecule has 0 radical (unpaired) electrons. The van der Waals surface area contributed by atoms with Crippen LogP contribution in [-0.4, -0.2) is 20.9 Å². The number of nitrogens with two attached hydrogens (primary N) is 1. The maximum atomic E-state index is 5.51. The smallest absolute Gasteiger partial charge is 0.140 e. The van der Waals surface area contributed by atoms with E-state index in [-0.39, 0.29) is 0 Å². The van der Waals surface area contributed by atoms with Gasteiger partial charge in [-0.25, -0.2) is 9.97 Å². The zero-order chi connectivity index (χ0) is 10.3. The van der Waals surface area contributed by atoms with E-state index in [0.717, 1.165) is 17.8 Å². The quantitative estimate of drug-likeness (QED) is 0.811. The summed E-state index contributed by atoms with van der Waals surface area (Å²) in [6.07, 6.45) is 7.25. The van der Waals surface area contributed by atoms with E-state index in [9.17, 15) is 0 Å². The van der Waals surface area contributed by atoms with Crippen LogP contribution in [0, 0.1) is 0 Å². The molecule has 1 aliphatic carbocycles. The monoisotopic (exact) mass is 202 g/mol. The van der Waals surface area contributed by atoms with Gasteiger partial charge in [0.1, 0.15) is 12.0 Å². The van der Waals surface area contributed by atoms with Gasteiger partial charge in [-0.05, 0) is 19.4 Å². The lowest BCUT2D eigenvalue weighted by Crippen LogP contribution is -2.02. The zero-order valence-electron chi connectivity index (χ0n) is 8.56. The van der Waals surface area contributed by atoms with Crippen LogP contribution in [0.1, 0.15) is 30.1 Å². The van der Waals surface area contributed by atoms with Gasteiger partial charge < -0.3 is 5.73 Å². The number of imidazole rings is 1. The number of aromatic nitrogens is 3. The molecular weight excluding hydrogens is 188 g/mol. The topological polar surface area (TPSA) is 56.2 Å². The lowest BCUT2D eigenvalue weighted by atomic mass is 10.3. The first-order valence-electron chi connectivity index (χ1n) is 5.40. The Morgan fingerprint density at radius 3 is 3.07 bits per heavy atom. The molecule has 2 N–H and O–H groups in total. The van der Waals surface area contributed by atoms with Crippen molar-refractivity contribution in [2.24, 2.45) is 5.73 Å². The fraction of sp³-hybridized carbons (Fsp3) is 0.455. The summed E-state index contributed by atoms with van der Waals surface area (Å²) >= 11 is 0. The molecule has 1 aliphatic rings. The first kappa shape index (κ1) is 8.85. The Labute approximate surface area is 88.1 Å². The van der Waals surface area contributed by atoms with Gasteiger partial charge in [-0.3, -0.25) is 4.40 Å². The second-order valence-corrected chi connectivity index (χ2v) is 4.12. The van der Waals surface area contributed by atoms with Crippen molar-refractivity contribution in [2.45, 2.75) is 25.2 Å². The summed E-state index contributed by atoms with van der Waals surface area (Å²) < 4.78 is 1.97. The molecule has 2 heterocycles.